The molecule has 1 aliphatic heterocycles. The van der Waals surface area contributed by atoms with Gasteiger partial charge in [-0.25, -0.2) is 18.1 Å². The van der Waals surface area contributed by atoms with E-state index in [9.17, 15) is 26.4 Å². The highest BCUT2D eigenvalue weighted by Crippen LogP contribution is 2.47. The predicted octanol–water partition coefficient (Wildman–Crippen LogP) is 3.36. The number of benzene rings is 2. The van der Waals surface area contributed by atoms with Gasteiger partial charge in [-0.2, -0.15) is 18.2 Å². The van der Waals surface area contributed by atoms with Gasteiger partial charge in [0.15, 0.2) is 6.61 Å². The molecule has 2 aromatic rings. The Bertz CT molecular complexity index is 1520. The summed E-state index contributed by atoms with van der Waals surface area (Å²) in [4.78, 5) is 22.9. The molecule has 2 aromatic carbocycles. The molecule has 1 amide bonds. The summed E-state index contributed by atoms with van der Waals surface area (Å²) in [5.41, 5.74) is 0.112. The second-order valence-electron chi connectivity index (χ2n) is 11.1. The third-order valence-corrected chi connectivity index (χ3v) is 8.83. The lowest BCUT2D eigenvalue weighted by Gasteiger charge is -2.27. The molecule has 1 unspecified atom stereocenters. The smallest absolute Gasteiger partial charge is 0.422 e. The number of guanidine groups is 1. The van der Waals surface area contributed by atoms with E-state index >= 15 is 0 Å². The van der Waals surface area contributed by atoms with Crippen molar-refractivity contribution in [2.45, 2.75) is 48.6 Å². The molecule has 5 rings (SSSR count). The van der Waals surface area contributed by atoms with Crippen LogP contribution in [0.3, 0.4) is 0 Å². The summed E-state index contributed by atoms with van der Waals surface area (Å²) < 4.78 is 71.4. The number of rotatable bonds is 10. The Hall–Kier alpha value is -3.56. The third kappa shape index (κ3) is 7.70. The number of aliphatic imine (C=N–C) groups is 2. The Balaban J connectivity index is 1.29. The summed E-state index contributed by atoms with van der Waals surface area (Å²) in [6.45, 7) is -1.11. The van der Waals surface area contributed by atoms with Crippen molar-refractivity contribution < 1.29 is 31.1 Å². The molecule has 1 heterocycles. The van der Waals surface area contributed by atoms with Crippen molar-refractivity contribution in [1.82, 2.24) is 20.3 Å². The van der Waals surface area contributed by atoms with E-state index in [0.29, 0.717) is 30.1 Å². The molecule has 0 radical (unpaired) electrons. The number of hydrogen-bond acceptors (Lipinski definition) is 10. The third-order valence-electron chi connectivity index (χ3n) is 7.23. The van der Waals surface area contributed by atoms with Crippen LogP contribution in [0.5, 0.6) is 0 Å². The van der Waals surface area contributed by atoms with Gasteiger partial charge >= 0.3 is 6.18 Å². The van der Waals surface area contributed by atoms with Gasteiger partial charge in [-0.15, -0.1) is 0 Å². The van der Waals surface area contributed by atoms with Crippen molar-refractivity contribution in [3.63, 3.8) is 0 Å². The highest BCUT2D eigenvalue weighted by atomic mass is 35.5. The van der Waals surface area contributed by atoms with Crippen LogP contribution in [-0.4, -0.2) is 70.9 Å². The minimum atomic E-state index is -4.58. The van der Waals surface area contributed by atoms with Crippen LogP contribution < -0.4 is 20.7 Å². The largest absolute Gasteiger partial charge is 0.455 e. The minimum Gasteiger partial charge on any atom is -0.455 e. The van der Waals surface area contributed by atoms with E-state index in [-0.39, 0.29) is 10.9 Å². The first-order valence-electron chi connectivity index (χ1n) is 13.4. The molecule has 2 fully saturated rings. The number of anilines is 1. The fourth-order valence-corrected chi connectivity index (χ4v) is 5.97. The van der Waals surface area contributed by atoms with Gasteiger partial charge in [0.2, 0.25) is 18.2 Å². The summed E-state index contributed by atoms with van der Waals surface area (Å²) in [7, 11) is -0.490. The van der Waals surface area contributed by atoms with Crippen LogP contribution >= 0.6 is 11.6 Å². The molecule has 3 aliphatic rings. The molecule has 0 spiro atoms. The van der Waals surface area contributed by atoms with E-state index in [1.807, 2.05) is 31.1 Å². The van der Waals surface area contributed by atoms with Gasteiger partial charge in [-0.1, -0.05) is 23.7 Å². The molecule has 0 bridgehead atoms. The number of amidine groups is 1. The normalized spacial score (nSPS) is 20.3. The molecular weight excluding hydrogens is 611 g/mol. The molecule has 1 atom stereocenters. The number of alkyl halides is 3. The first-order chi connectivity index (χ1) is 20.2. The summed E-state index contributed by atoms with van der Waals surface area (Å²) in [6, 6.07) is 12.3. The molecule has 0 aromatic heterocycles. The van der Waals surface area contributed by atoms with Crippen molar-refractivity contribution in [2.75, 3.05) is 32.6 Å². The van der Waals surface area contributed by atoms with E-state index in [0.717, 1.165) is 18.4 Å². The second kappa shape index (κ2) is 11.5. The van der Waals surface area contributed by atoms with E-state index in [2.05, 4.69) is 30.7 Å². The molecule has 2 aliphatic carbocycles. The molecule has 43 heavy (non-hydrogen) atoms. The fourth-order valence-electron chi connectivity index (χ4n) is 4.77. The van der Waals surface area contributed by atoms with Crippen molar-refractivity contribution >= 4 is 45.2 Å². The Morgan fingerprint density at radius 2 is 1.72 bits per heavy atom. The number of nitrogens with one attached hydrogen (secondary N) is 4. The number of sulfonamides is 1. The van der Waals surface area contributed by atoms with Crippen LogP contribution in [0.2, 0.25) is 5.02 Å². The topological polar surface area (TPSA) is 137 Å². The Kier molecular flexibility index (Phi) is 8.26. The Morgan fingerprint density at radius 3 is 2.28 bits per heavy atom. The highest BCUT2D eigenvalue weighted by molar-refractivity contribution is 7.90. The SMILES string of the molecule is CN(C)CC1(C(=O)NS(=O)(=O)c2ccc(NC3N=C(NC4(c5ccc(Cl)cc5)CC4)NC(OCC(F)(F)F)=N3)cc2)CC1. The number of halogens is 4. The van der Waals surface area contributed by atoms with Crippen LogP contribution in [0.25, 0.3) is 0 Å². The standard InChI is InChI=1S/C27H31ClF3N7O4S/c1-38(2)15-25(11-12-25)21(39)37-43(40,41)20-9-7-19(8-10-20)32-22-33-23(35-24(34-22)42-16-27(29,30)31)36-26(13-14-26)17-3-5-18(28)6-4-17/h3-10,22,32H,11-16H2,1-2H3,(H,37,39)(H2,33,34,35,36). The van der Waals surface area contributed by atoms with Gasteiger partial charge in [-0.05, 0) is 81.7 Å². The Labute approximate surface area is 252 Å². The molecule has 11 nitrogen and oxygen atoms in total. The number of carbonyl (C=O) groups excluding carboxylic acids is 1. The predicted molar refractivity (Wildman–Crippen MR) is 155 cm³/mol. The summed E-state index contributed by atoms with van der Waals surface area (Å²) in [5, 5.41) is 9.44. The van der Waals surface area contributed by atoms with Gasteiger partial charge in [-0.3, -0.25) is 10.1 Å². The maximum absolute atomic E-state index is 12.9. The van der Waals surface area contributed by atoms with Crippen molar-refractivity contribution in [3.8, 4) is 0 Å². The number of nitrogens with zero attached hydrogens (tertiary/aromatic N) is 3. The average molecular weight is 642 g/mol. The van der Waals surface area contributed by atoms with Crippen LogP contribution in [-0.2, 0) is 25.1 Å². The van der Waals surface area contributed by atoms with E-state index in [1.54, 1.807) is 12.1 Å². The lowest BCUT2D eigenvalue weighted by atomic mass is 10.1. The molecule has 16 heteroatoms. The molecule has 2 saturated carbocycles. The summed E-state index contributed by atoms with van der Waals surface area (Å²) in [5.74, 6) is -0.397. The van der Waals surface area contributed by atoms with Crippen LogP contribution in [0.15, 0.2) is 63.4 Å². The lowest BCUT2D eigenvalue weighted by molar-refractivity contribution is -0.156. The average Bonchev–Trinajstić information content (AvgIpc) is 3.85. The number of ether oxygens (including phenoxy) is 1. The zero-order valence-electron chi connectivity index (χ0n) is 23.3. The van der Waals surface area contributed by atoms with Gasteiger partial charge in [0.1, 0.15) is 0 Å². The van der Waals surface area contributed by atoms with Crippen molar-refractivity contribution in [3.05, 3.63) is 59.1 Å². The van der Waals surface area contributed by atoms with E-state index < -0.39 is 52.0 Å². The maximum atomic E-state index is 12.9. The van der Waals surface area contributed by atoms with E-state index in [4.69, 9.17) is 16.3 Å². The molecule has 232 valence electrons. The molecule has 4 N–H and O–H groups in total. The zero-order valence-corrected chi connectivity index (χ0v) is 24.9. The molecule has 0 saturated heterocycles. The minimum absolute atomic E-state index is 0.125. The summed E-state index contributed by atoms with van der Waals surface area (Å²) >= 11 is 6.01. The first kappa shape index (κ1) is 30.9. The van der Waals surface area contributed by atoms with Crippen molar-refractivity contribution in [2.24, 2.45) is 15.4 Å². The van der Waals surface area contributed by atoms with Crippen LogP contribution in [0.1, 0.15) is 31.2 Å². The quantitative estimate of drug-likeness (QED) is 0.310. The molecular formula is C27H31ClF3N7O4S. The lowest BCUT2D eigenvalue weighted by Crippen LogP contribution is -2.50. The number of amides is 1. The zero-order chi connectivity index (χ0) is 31.0. The summed E-state index contributed by atoms with van der Waals surface area (Å²) in [6.07, 6.45) is -2.95. The first-order valence-corrected chi connectivity index (χ1v) is 15.3. The van der Waals surface area contributed by atoms with Gasteiger partial charge in [0, 0.05) is 17.3 Å². The van der Waals surface area contributed by atoms with Crippen molar-refractivity contribution in [1.29, 1.82) is 0 Å². The highest BCUT2D eigenvalue weighted by Gasteiger charge is 2.51. The van der Waals surface area contributed by atoms with Gasteiger partial charge in [0.25, 0.3) is 16.0 Å². The second-order valence-corrected chi connectivity index (χ2v) is 13.3. The van der Waals surface area contributed by atoms with E-state index in [1.165, 1.54) is 24.3 Å². The van der Waals surface area contributed by atoms with Crippen LogP contribution in [0, 0.1) is 5.41 Å². The van der Waals surface area contributed by atoms with Gasteiger partial charge in [0.05, 0.1) is 15.8 Å². The van der Waals surface area contributed by atoms with Gasteiger partial charge < -0.3 is 20.3 Å². The number of carbonyl (C=O) groups is 1. The maximum Gasteiger partial charge on any atom is 0.422 e. The fraction of sp³-hybridized carbons (Fsp3) is 0.444. The monoisotopic (exact) mass is 641 g/mol. The van der Waals surface area contributed by atoms with Crippen LogP contribution in [0.4, 0.5) is 18.9 Å². The Morgan fingerprint density at radius 1 is 1.07 bits per heavy atom. The number of hydrogen-bond donors (Lipinski definition) is 4.